The summed E-state index contributed by atoms with van der Waals surface area (Å²) in [5, 5.41) is 5.46. The summed E-state index contributed by atoms with van der Waals surface area (Å²) in [6.07, 6.45) is 6.37. The van der Waals surface area contributed by atoms with Crippen molar-refractivity contribution >= 4 is 23.7 Å². The van der Waals surface area contributed by atoms with Crippen LogP contribution in [-0.4, -0.2) is 59.0 Å². The van der Waals surface area contributed by atoms with Gasteiger partial charge in [0, 0.05) is 25.5 Å². The Morgan fingerprint density at radius 3 is 2.74 bits per heavy atom. The van der Waals surface area contributed by atoms with Gasteiger partial charge in [0.05, 0.1) is 19.2 Å². The largest absolute Gasteiger partial charge is 0.467 e. The number of hydrogen-bond donors (Lipinski definition) is 2. The summed E-state index contributed by atoms with van der Waals surface area (Å²) < 4.78 is 4.78. The first-order valence-corrected chi connectivity index (χ1v) is 9.10. The minimum atomic E-state index is -0.698. The molecule has 0 aromatic carbocycles. The number of aromatic nitrogens is 2. The molecule has 3 amide bonds. The average molecular weight is 377 g/mol. The van der Waals surface area contributed by atoms with E-state index in [9.17, 15) is 14.4 Å². The second-order valence-corrected chi connectivity index (χ2v) is 7.02. The van der Waals surface area contributed by atoms with E-state index in [1.807, 2.05) is 13.8 Å². The number of nitrogens with zero attached hydrogens (tertiary/aromatic N) is 3. The third-order valence-corrected chi connectivity index (χ3v) is 4.38. The van der Waals surface area contributed by atoms with Crippen molar-refractivity contribution in [2.45, 2.75) is 39.2 Å². The Morgan fingerprint density at radius 1 is 1.33 bits per heavy atom. The highest BCUT2D eigenvalue weighted by Gasteiger charge is 2.31. The topological polar surface area (TPSA) is 114 Å². The minimum absolute atomic E-state index is 0.195. The SMILES string of the molecule is COC(=O)[C@H](CC(C)C)NC(=O)N1CCCC(C(=O)Nc2cnccn2)C1. The van der Waals surface area contributed by atoms with E-state index in [0.29, 0.717) is 31.6 Å². The molecule has 2 atom stereocenters. The first kappa shape index (κ1) is 20.6. The van der Waals surface area contributed by atoms with Gasteiger partial charge in [-0.3, -0.25) is 9.78 Å². The predicted molar refractivity (Wildman–Crippen MR) is 98.7 cm³/mol. The monoisotopic (exact) mass is 377 g/mol. The molecular formula is C18H27N5O4. The van der Waals surface area contributed by atoms with Crippen LogP contribution in [0.1, 0.15) is 33.1 Å². The first-order valence-electron chi connectivity index (χ1n) is 9.10. The van der Waals surface area contributed by atoms with E-state index in [4.69, 9.17) is 4.74 Å². The van der Waals surface area contributed by atoms with Crippen molar-refractivity contribution < 1.29 is 19.1 Å². The molecule has 0 saturated carbocycles. The third kappa shape index (κ3) is 6.19. The van der Waals surface area contributed by atoms with Gasteiger partial charge in [0.2, 0.25) is 5.91 Å². The fraction of sp³-hybridized carbons (Fsp3) is 0.611. The molecule has 0 aliphatic carbocycles. The molecule has 9 nitrogen and oxygen atoms in total. The molecule has 1 unspecified atom stereocenters. The highest BCUT2D eigenvalue weighted by atomic mass is 16.5. The zero-order chi connectivity index (χ0) is 19.8. The van der Waals surface area contributed by atoms with Gasteiger partial charge in [-0.05, 0) is 25.2 Å². The molecule has 9 heteroatoms. The number of likely N-dealkylation sites (tertiary alicyclic amines) is 1. The van der Waals surface area contributed by atoms with Crippen LogP contribution < -0.4 is 10.6 Å². The van der Waals surface area contributed by atoms with Gasteiger partial charge in [-0.1, -0.05) is 13.8 Å². The van der Waals surface area contributed by atoms with E-state index in [0.717, 1.165) is 0 Å². The molecule has 1 fully saturated rings. The number of rotatable bonds is 6. The van der Waals surface area contributed by atoms with Gasteiger partial charge < -0.3 is 20.3 Å². The highest BCUT2D eigenvalue weighted by Crippen LogP contribution is 2.18. The van der Waals surface area contributed by atoms with Crippen LogP contribution in [0.25, 0.3) is 0 Å². The van der Waals surface area contributed by atoms with Gasteiger partial charge in [0.15, 0.2) is 5.82 Å². The Hall–Kier alpha value is -2.71. The number of carbonyl (C=O) groups is 3. The van der Waals surface area contributed by atoms with Crippen LogP contribution >= 0.6 is 0 Å². The predicted octanol–water partition coefficient (Wildman–Crippen LogP) is 1.42. The summed E-state index contributed by atoms with van der Waals surface area (Å²) in [6.45, 7) is 4.76. The highest BCUT2D eigenvalue weighted by molar-refractivity contribution is 5.92. The summed E-state index contributed by atoms with van der Waals surface area (Å²) in [6, 6.07) is -1.06. The molecule has 0 spiro atoms. The van der Waals surface area contributed by atoms with Crippen molar-refractivity contribution in [3.63, 3.8) is 0 Å². The number of anilines is 1. The summed E-state index contributed by atoms with van der Waals surface area (Å²) in [4.78, 5) is 46.5. The van der Waals surface area contributed by atoms with Gasteiger partial charge in [-0.2, -0.15) is 0 Å². The van der Waals surface area contributed by atoms with Crippen LogP contribution in [0.4, 0.5) is 10.6 Å². The van der Waals surface area contributed by atoms with Crippen LogP contribution in [0.15, 0.2) is 18.6 Å². The van der Waals surface area contributed by atoms with Crippen LogP contribution in [0.5, 0.6) is 0 Å². The minimum Gasteiger partial charge on any atom is -0.467 e. The van der Waals surface area contributed by atoms with Crippen LogP contribution in [0.3, 0.4) is 0 Å². The van der Waals surface area contributed by atoms with E-state index in [2.05, 4.69) is 20.6 Å². The molecule has 27 heavy (non-hydrogen) atoms. The average Bonchev–Trinajstić information content (AvgIpc) is 2.67. The lowest BCUT2D eigenvalue weighted by Crippen LogP contribution is -2.52. The van der Waals surface area contributed by atoms with E-state index >= 15 is 0 Å². The van der Waals surface area contributed by atoms with Crippen molar-refractivity contribution in [1.82, 2.24) is 20.2 Å². The van der Waals surface area contributed by atoms with Crippen molar-refractivity contribution in [3.05, 3.63) is 18.6 Å². The van der Waals surface area contributed by atoms with E-state index in [1.54, 1.807) is 4.90 Å². The lowest BCUT2D eigenvalue weighted by Gasteiger charge is -2.33. The Morgan fingerprint density at radius 2 is 2.11 bits per heavy atom. The maximum absolute atomic E-state index is 12.6. The fourth-order valence-corrected chi connectivity index (χ4v) is 3.04. The maximum atomic E-state index is 12.6. The third-order valence-electron chi connectivity index (χ3n) is 4.38. The summed E-state index contributed by atoms with van der Waals surface area (Å²) in [5.74, 6) is -0.396. The molecule has 1 aliphatic rings. The molecule has 2 rings (SSSR count). The standard InChI is InChI=1S/C18H27N5O4/c1-12(2)9-14(17(25)27-3)21-18(26)23-8-4-5-13(11-23)16(24)22-15-10-19-6-7-20-15/h6-7,10,12-14H,4-5,8-9,11H2,1-3H3,(H,21,26)(H,20,22,24)/t13?,14-/m0/s1. The van der Waals surface area contributed by atoms with Gasteiger partial charge in [0.1, 0.15) is 6.04 Å². The molecule has 1 aromatic heterocycles. The molecule has 2 N–H and O–H groups in total. The molecule has 0 bridgehead atoms. The number of carbonyl (C=O) groups excluding carboxylic acids is 3. The maximum Gasteiger partial charge on any atom is 0.328 e. The number of nitrogens with one attached hydrogen (secondary N) is 2. The Labute approximate surface area is 158 Å². The summed E-state index contributed by atoms with van der Waals surface area (Å²) >= 11 is 0. The Bertz CT molecular complexity index is 652. The lowest BCUT2D eigenvalue weighted by atomic mass is 9.97. The number of esters is 1. The van der Waals surface area contributed by atoms with Crippen LogP contribution in [0, 0.1) is 11.8 Å². The molecule has 1 aromatic rings. The lowest BCUT2D eigenvalue weighted by molar-refractivity contribution is -0.143. The van der Waals surface area contributed by atoms with E-state index in [-0.39, 0.29) is 30.3 Å². The van der Waals surface area contributed by atoms with Crippen LogP contribution in [0.2, 0.25) is 0 Å². The molecule has 0 radical (unpaired) electrons. The first-order chi connectivity index (χ1) is 12.9. The number of hydrogen-bond acceptors (Lipinski definition) is 6. The van der Waals surface area contributed by atoms with E-state index in [1.165, 1.54) is 25.7 Å². The smallest absolute Gasteiger partial charge is 0.328 e. The van der Waals surface area contributed by atoms with Crippen molar-refractivity contribution in [3.8, 4) is 0 Å². The second kappa shape index (κ2) is 9.84. The van der Waals surface area contributed by atoms with Gasteiger partial charge in [0.25, 0.3) is 0 Å². The van der Waals surface area contributed by atoms with Crippen molar-refractivity contribution in [1.29, 1.82) is 0 Å². The van der Waals surface area contributed by atoms with E-state index < -0.39 is 12.0 Å². The molecule has 2 heterocycles. The number of methoxy groups -OCH3 is 1. The van der Waals surface area contributed by atoms with Crippen molar-refractivity contribution in [2.24, 2.45) is 11.8 Å². The van der Waals surface area contributed by atoms with Gasteiger partial charge >= 0.3 is 12.0 Å². The Balaban J connectivity index is 1.94. The number of urea groups is 1. The number of amides is 3. The number of piperidine rings is 1. The summed E-state index contributed by atoms with van der Waals surface area (Å²) in [5.41, 5.74) is 0. The Kier molecular flexibility index (Phi) is 7.51. The zero-order valence-electron chi connectivity index (χ0n) is 16.0. The second-order valence-electron chi connectivity index (χ2n) is 7.02. The van der Waals surface area contributed by atoms with Gasteiger partial charge in [-0.15, -0.1) is 0 Å². The number of ether oxygens (including phenoxy) is 1. The van der Waals surface area contributed by atoms with Crippen LogP contribution in [-0.2, 0) is 14.3 Å². The molecular weight excluding hydrogens is 350 g/mol. The fourth-order valence-electron chi connectivity index (χ4n) is 3.04. The molecule has 148 valence electrons. The molecule has 1 saturated heterocycles. The quantitative estimate of drug-likeness (QED) is 0.725. The summed E-state index contributed by atoms with van der Waals surface area (Å²) in [7, 11) is 1.30. The van der Waals surface area contributed by atoms with Gasteiger partial charge in [-0.25, -0.2) is 14.6 Å². The van der Waals surface area contributed by atoms with Crippen molar-refractivity contribution in [2.75, 3.05) is 25.5 Å². The molecule has 1 aliphatic heterocycles. The zero-order valence-corrected chi connectivity index (χ0v) is 16.0. The normalized spacial score (nSPS) is 17.9.